The number of carbonyl (C=O) groups is 1. The number of likely N-dealkylation sites (N-methyl/N-ethyl adjacent to an activating group) is 1. The van der Waals surface area contributed by atoms with Crippen molar-refractivity contribution in [2.75, 3.05) is 32.1 Å². The predicted octanol–water partition coefficient (Wildman–Crippen LogP) is 2.90. The van der Waals surface area contributed by atoms with Crippen molar-refractivity contribution in [2.45, 2.75) is 44.7 Å². The SMILES string of the molecule is CCC#N.CNC1CCN(c2c(F)cc3c(=O)c(C(=O)O)cn(C4CC4)c3c2OC)C1. The quantitative estimate of drug-likeness (QED) is 0.751. The molecule has 2 heterocycles. The van der Waals surface area contributed by atoms with Gasteiger partial charge in [-0.05, 0) is 32.4 Å². The molecule has 1 atom stereocenters. The Hall–Kier alpha value is -3.12. The summed E-state index contributed by atoms with van der Waals surface area (Å²) in [6, 6.07) is 3.44. The van der Waals surface area contributed by atoms with Gasteiger partial charge >= 0.3 is 5.97 Å². The van der Waals surface area contributed by atoms with Crippen molar-refractivity contribution >= 4 is 22.6 Å². The molecule has 1 saturated heterocycles. The van der Waals surface area contributed by atoms with Crippen LogP contribution in [0.15, 0.2) is 17.1 Å². The van der Waals surface area contributed by atoms with Crippen LogP contribution >= 0.6 is 0 Å². The highest BCUT2D eigenvalue weighted by molar-refractivity contribution is 5.97. The van der Waals surface area contributed by atoms with E-state index in [0.717, 1.165) is 25.3 Å². The van der Waals surface area contributed by atoms with Crippen molar-refractivity contribution < 1.29 is 19.0 Å². The van der Waals surface area contributed by atoms with Crippen LogP contribution < -0.4 is 20.4 Å². The first-order valence-electron chi connectivity index (χ1n) is 10.4. The zero-order valence-corrected chi connectivity index (χ0v) is 17.9. The van der Waals surface area contributed by atoms with Gasteiger partial charge in [0.1, 0.15) is 11.3 Å². The molecule has 0 bridgehead atoms. The molecule has 1 aromatic heterocycles. The van der Waals surface area contributed by atoms with E-state index in [4.69, 9.17) is 10.00 Å². The topological polar surface area (TPSA) is 108 Å². The molecule has 0 radical (unpaired) electrons. The summed E-state index contributed by atoms with van der Waals surface area (Å²) < 4.78 is 22.4. The molecule has 0 spiro atoms. The molecule has 1 saturated carbocycles. The number of rotatable bonds is 5. The molecule has 1 aliphatic heterocycles. The van der Waals surface area contributed by atoms with Crippen LogP contribution in [0.1, 0.15) is 49.0 Å². The van der Waals surface area contributed by atoms with Crippen LogP contribution in [0.3, 0.4) is 0 Å². The van der Waals surface area contributed by atoms with E-state index in [2.05, 4.69) is 5.32 Å². The molecule has 2 aromatic rings. The Morgan fingerprint density at radius 2 is 2.10 bits per heavy atom. The molecule has 2 fully saturated rings. The lowest BCUT2D eigenvalue weighted by Crippen LogP contribution is -2.30. The van der Waals surface area contributed by atoms with Crippen molar-refractivity contribution in [2.24, 2.45) is 0 Å². The van der Waals surface area contributed by atoms with Gasteiger partial charge in [0, 0.05) is 37.8 Å². The average molecular weight is 430 g/mol. The molecular formula is C22H27FN4O4. The molecule has 1 unspecified atom stereocenters. The summed E-state index contributed by atoms with van der Waals surface area (Å²) in [6.07, 6.45) is 4.65. The fourth-order valence-corrected chi connectivity index (χ4v) is 3.92. The normalized spacial score (nSPS) is 17.8. The van der Waals surface area contributed by atoms with E-state index >= 15 is 4.39 Å². The Balaban J connectivity index is 0.000000628. The number of benzene rings is 1. The van der Waals surface area contributed by atoms with E-state index in [1.165, 1.54) is 13.3 Å². The number of hydrogen-bond donors (Lipinski definition) is 2. The summed E-state index contributed by atoms with van der Waals surface area (Å²) in [5, 5.41) is 20.2. The zero-order valence-electron chi connectivity index (χ0n) is 17.9. The number of nitrogens with one attached hydrogen (secondary N) is 1. The summed E-state index contributed by atoms with van der Waals surface area (Å²) in [5.41, 5.74) is -0.230. The maximum absolute atomic E-state index is 15.1. The van der Waals surface area contributed by atoms with Crippen LogP contribution in [-0.4, -0.2) is 48.9 Å². The van der Waals surface area contributed by atoms with Crippen molar-refractivity contribution in [3.63, 3.8) is 0 Å². The number of aromatic carboxylic acids is 1. The Morgan fingerprint density at radius 1 is 1.42 bits per heavy atom. The van der Waals surface area contributed by atoms with Crippen molar-refractivity contribution in [1.82, 2.24) is 9.88 Å². The zero-order chi connectivity index (χ0) is 22.7. The van der Waals surface area contributed by atoms with Crippen LogP contribution in [0.5, 0.6) is 5.75 Å². The van der Waals surface area contributed by atoms with Gasteiger partial charge in [-0.2, -0.15) is 5.26 Å². The van der Waals surface area contributed by atoms with Crippen LogP contribution in [0, 0.1) is 17.1 Å². The number of carboxylic acids is 1. The number of fused-ring (bicyclic) bond motifs is 1. The Labute approximate surface area is 179 Å². The molecule has 1 aliphatic carbocycles. The fraction of sp³-hybridized carbons (Fsp3) is 0.500. The van der Waals surface area contributed by atoms with E-state index in [0.29, 0.717) is 36.5 Å². The minimum Gasteiger partial charge on any atom is -0.492 e. The largest absolute Gasteiger partial charge is 0.492 e. The standard InChI is InChI=1S/C19H22FN3O4.C3H5N/c1-21-10-5-6-22(8-10)16-14(20)7-12-15(18(16)27-2)23(11-3-4-11)9-13(17(12)24)19(25)26;1-2-3-4/h7,9-11,21H,3-6,8H2,1-2H3,(H,25,26);2H2,1H3. The third-order valence-electron chi connectivity index (χ3n) is 5.64. The van der Waals surface area contributed by atoms with Crippen LogP contribution in [0.25, 0.3) is 10.9 Å². The van der Waals surface area contributed by atoms with E-state index in [1.807, 2.05) is 24.9 Å². The molecule has 166 valence electrons. The van der Waals surface area contributed by atoms with Gasteiger partial charge in [-0.15, -0.1) is 0 Å². The summed E-state index contributed by atoms with van der Waals surface area (Å²) in [4.78, 5) is 26.1. The third kappa shape index (κ3) is 4.35. The Morgan fingerprint density at radius 3 is 2.58 bits per heavy atom. The fourth-order valence-electron chi connectivity index (χ4n) is 3.92. The van der Waals surface area contributed by atoms with Gasteiger partial charge in [0.25, 0.3) is 0 Å². The van der Waals surface area contributed by atoms with E-state index in [9.17, 15) is 14.7 Å². The van der Waals surface area contributed by atoms with Crippen molar-refractivity contribution in [3.05, 3.63) is 33.9 Å². The van der Waals surface area contributed by atoms with Gasteiger partial charge in [-0.25, -0.2) is 9.18 Å². The highest BCUT2D eigenvalue weighted by Gasteiger charge is 2.32. The summed E-state index contributed by atoms with van der Waals surface area (Å²) in [7, 11) is 3.33. The number of anilines is 1. The van der Waals surface area contributed by atoms with Gasteiger partial charge in [0.05, 0.1) is 24.1 Å². The summed E-state index contributed by atoms with van der Waals surface area (Å²) in [5.74, 6) is -1.59. The first-order valence-corrected chi connectivity index (χ1v) is 10.4. The van der Waals surface area contributed by atoms with Crippen molar-refractivity contribution in [3.8, 4) is 11.8 Å². The average Bonchev–Trinajstić information content (AvgIpc) is 3.50. The lowest BCUT2D eigenvalue weighted by Gasteiger charge is -2.24. The highest BCUT2D eigenvalue weighted by Crippen LogP contribution is 2.44. The minimum atomic E-state index is -1.31. The molecule has 9 heteroatoms. The maximum Gasteiger partial charge on any atom is 0.341 e. The molecule has 4 rings (SSSR count). The molecule has 8 nitrogen and oxygen atoms in total. The molecule has 1 aromatic carbocycles. The highest BCUT2D eigenvalue weighted by atomic mass is 19.1. The van der Waals surface area contributed by atoms with E-state index in [-0.39, 0.29) is 23.0 Å². The number of methoxy groups -OCH3 is 1. The number of aromatic nitrogens is 1. The minimum absolute atomic E-state index is 0.0456. The van der Waals surface area contributed by atoms with E-state index < -0.39 is 17.2 Å². The van der Waals surface area contributed by atoms with Crippen LogP contribution in [0.4, 0.5) is 10.1 Å². The monoisotopic (exact) mass is 430 g/mol. The molecule has 0 amide bonds. The molecule has 2 aliphatic rings. The smallest absolute Gasteiger partial charge is 0.341 e. The second kappa shape index (κ2) is 9.35. The summed E-state index contributed by atoms with van der Waals surface area (Å²) in [6.45, 7) is 3.13. The number of nitriles is 1. The van der Waals surface area contributed by atoms with E-state index in [1.54, 1.807) is 4.57 Å². The predicted molar refractivity (Wildman–Crippen MR) is 116 cm³/mol. The second-order valence-corrected chi connectivity index (χ2v) is 7.68. The lowest BCUT2D eigenvalue weighted by molar-refractivity contribution is 0.0695. The van der Waals surface area contributed by atoms with Gasteiger partial charge in [-0.3, -0.25) is 4.79 Å². The number of halogens is 1. The molecular weight excluding hydrogens is 403 g/mol. The van der Waals surface area contributed by atoms with Crippen LogP contribution in [-0.2, 0) is 0 Å². The second-order valence-electron chi connectivity index (χ2n) is 7.68. The molecule has 31 heavy (non-hydrogen) atoms. The molecule has 2 N–H and O–H groups in total. The number of pyridine rings is 1. The number of hydrogen-bond acceptors (Lipinski definition) is 6. The Kier molecular flexibility index (Phi) is 6.81. The number of nitrogens with zero attached hydrogens (tertiary/aromatic N) is 3. The first-order chi connectivity index (χ1) is 14.9. The number of carboxylic acid groups (broad SMARTS) is 1. The third-order valence-corrected chi connectivity index (χ3v) is 5.64. The van der Waals surface area contributed by atoms with Crippen LogP contribution in [0.2, 0.25) is 0 Å². The van der Waals surface area contributed by atoms with Gasteiger partial charge < -0.3 is 24.6 Å². The lowest BCUT2D eigenvalue weighted by atomic mass is 10.1. The van der Waals surface area contributed by atoms with Crippen molar-refractivity contribution in [1.29, 1.82) is 5.26 Å². The first kappa shape index (κ1) is 22.6. The number of ether oxygens (including phenoxy) is 1. The van der Waals surface area contributed by atoms with Gasteiger partial charge in [0.2, 0.25) is 5.43 Å². The maximum atomic E-state index is 15.1. The van der Waals surface area contributed by atoms with Gasteiger partial charge in [-0.1, -0.05) is 6.92 Å². The Bertz CT molecular complexity index is 1090. The summed E-state index contributed by atoms with van der Waals surface area (Å²) >= 11 is 0. The van der Waals surface area contributed by atoms with Gasteiger partial charge in [0.15, 0.2) is 11.6 Å².